The van der Waals surface area contributed by atoms with Gasteiger partial charge < -0.3 is 4.74 Å². The molecule has 0 bridgehead atoms. The number of hydrogen-bond donors (Lipinski definition) is 1. The Morgan fingerprint density at radius 3 is 2.27 bits per heavy atom. The van der Waals surface area contributed by atoms with Gasteiger partial charge in [0.25, 0.3) is 0 Å². The summed E-state index contributed by atoms with van der Waals surface area (Å²) in [6.07, 6.45) is 0. The van der Waals surface area contributed by atoms with Crippen LogP contribution in [0.2, 0.25) is 0 Å². The Balaban J connectivity index is 1.42. The number of halogens is 2. The number of rotatable bonds is 7. The largest absolute Gasteiger partial charge is 0.475 e. The lowest BCUT2D eigenvalue weighted by atomic mass is 10.2. The first-order chi connectivity index (χ1) is 14.4. The highest BCUT2D eigenvalue weighted by Crippen LogP contribution is 2.19. The molecule has 0 saturated carbocycles. The third kappa shape index (κ3) is 4.26. The predicted molar refractivity (Wildman–Crippen MR) is 103 cm³/mol. The molecule has 0 amide bonds. The summed E-state index contributed by atoms with van der Waals surface area (Å²) in [5.41, 5.74) is 1.10. The van der Waals surface area contributed by atoms with Gasteiger partial charge in [-0.25, -0.2) is 21.9 Å². The van der Waals surface area contributed by atoms with E-state index in [-0.39, 0.29) is 29.7 Å². The lowest BCUT2D eigenvalue weighted by Gasteiger charge is -2.08. The SMILES string of the molecule is O=S(=O)(NCCOc1ccc2nnc(-c3ccc(F)cc3)n2n1)c1ccc(F)cc1. The van der Waals surface area contributed by atoms with Crippen LogP contribution >= 0.6 is 0 Å². The molecule has 154 valence electrons. The number of nitrogens with zero attached hydrogens (tertiary/aromatic N) is 4. The standard InChI is InChI=1S/C19H15F2N5O3S/c20-14-3-1-13(2-4-14)19-24-23-17-9-10-18(25-26(17)19)29-12-11-22-30(27,28)16-7-5-15(21)6-8-16/h1-10,22H,11-12H2. The van der Waals surface area contributed by atoms with Crippen molar-refractivity contribution in [3.63, 3.8) is 0 Å². The maximum absolute atomic E-state index is 13.1. The van der Waals surface area contributed by atoms with E-state index < -0.39 is 15.8 Å². The Bertz CT molecular complexity index is 1280. The molecule has 2 heterocycles. The molecule has 11 heteroatoms. The molecule has 4 rings (SSSR count). The van der Waals surface area contributed by atoms with Gasteiger partial charge in [0.2, 0.25) is 15.9 Å². The van der Waals surface area contributed by atoms with Crippen molar-refractivity contribution in [2.75, 3.05) is 13.2 Å². The van der Waals surface area contributed by atoms with Crippen LogP contribution in [0.5, 0.6) is 5.88 Å². The van der Waals surface area contributed by atoms with Crippen molar-refractivity contribution < 1.29 is 21.9 Å². The summed E-state index contributed by atoms with van der Waals surface area (Å²) >= 11 is 0. The first-order valence-corrected chi connectivity index (χ1v) is 10.3. The quantitative estimate of drug-likeness (QED) is 0.452. The smallest absolute Gasteiger partial charge is 0.240 e. The second kappa shape index (κ2) is 8.13. The molecule has 0 aliphatic rings. The molecule has 0 aliphatic carbocycles. The molecule has 2 aromatic heterocycles. The number of benzene rings is 2. The Kier molecular flexibility index (Phi) is 5.38. The minimum Gasteiger partial charge on any atom is -0.475 e. The average Bonchev–Trinajstić information content (AvgIpc) is 3.15. The summed E-state index contributed by atoms with van der Waals surface area (Å²) in [4.78, 5) is -0.0446. The number of hydrogen-bond acceptors (Lipinski definition) is 6. The summed E-state index contributed by atoms with van der Waals surface area (Å²) in [6.45, 7) is -0.0145. The summed E-state index contributed by atoms with van der Waals surface area (Å²) in [7, 11) is -3.78. The van der Waals surface area contributed by atoms with Gasteiger partial charge >= 0.3 is 0 Å². The average molecular weight is 431 g/mol. The van der Waals surface area contributed by atoms with Gasteiger partial charge in [0.1, 0.15) is 18.2 Å². The third-order valence-electron chi connectivity index (χ3n) is 4.11. The van der Waals surface area contributed by atoms with Gasteiger partial charge in [-0.3, -0.25) is 0 Å². The van der Waals surface area contributed by atoms with Crippen LogP contribution in [0, 0.1) is 11.6 Å². The van der Waals surface area contributed by atoms with E-state index in [2.05, 4.69) is 20.0 Å². The van der Waals surface area contributed by atoms with Crippen LogP contribution in [0.1, 0.15) is 0 Å². The minimum absolute atomic E-state index is 0.00688. The molecule has 0 aliphatic heterocycles. The van der Waals surface area contributed by atoms with E-state index in [1.165, 1.54) is 28.8 Å². The molecule has 0 fully saturated rings. The molecule has 2 aromatic carbocycles. The van der Waals surface area contributed by atoms with Gasteiger partial charge in [0.05, 0.1) is 4.90 Å². The molecule has 4 aromatic rings. The van der Waals surface area contributed by atoms with E-state index >= 15 is 0 Å². The van der Waals surface area contributed by atoms with Crippen molar-refractivity contribution in [2.45, 2.75) is 4.90 Å². The predicted octanol–water partition coefficient (Wildman–Crippen LogP) is 2.43. The highest BCUT2D eigenvalue weighted by molar-refractivity contribution is 7.89. The van der Waals surface area contributed by atoms with E-state index in [1.807, 2.05) is 0 Å². The van der Waals surface area contributed by atoms with Crippen LogP contribution < -0.4 is 9.46 Å². The molecule has 0 saturated heterocycles. The number of nitrogens with one attached hydrogen (secondary N) is 1. The van der Waals surface area contributed by atoms with E-state index in [1.54, 1.807) is 24.3 Å². The van der Waals surface area contributed by atoms with E-state index in [4.69, 9.17) is 4.74 Å². The van der Waals surface area contributed by atoms with Crippen LogP contribution in [0.3, 0.4) is 0 Å². The van der Waals surface area contributed by atoms with Gasteiger partial charge in [-0.05, 0) is 54.6 Å². The van der Waals surface area contributed by atoms with Crippen molar-refractivity contribution >= 4 is 15.7 Å². The van der Waals surface area contributed by atoms with Gasteiger partial charge in [0, 0.05) is 18.2 Å². The van der Waals surface area contributed by atoms with Gasteiger partial charge in [0.15, 0.2) is 11.5 Å². The molecule has 0 atom stereocenters. The Hall–Kier alpha value is -3.44. The van der Waals surface area contributed by atoms with Crippen molar-refractivity contribution in [2.24, 2.45) is 0 Å². The van der Waals surface area contributed by atoms with Crippen molar-refractivity contribution in [3.8, 4) is 17.3 Å². The first kappa shape index (κ1) is 19.9. The third-order valence-corrected chi connectivity index (χ3v) is 5.59. The van der Waals surface area contributed by atoms with Crippen molar-refractivity contribution in [3.05, 3.63) is 72.3 Å². The monoisotopic (exact) mass is 431 g/mol. The number of fused-ring (bicyclic) bond motifs is 1. The second-order valence-electron chi connectivity index (χ2n) is 6.17. The summed E-state index contributed by atoms with van der Waals surface area (Å²) in [5, 5.41) is 12.4. The maximum Gasteiger partial charge on any atom is 0.240 e. The van der Waals surface area contributed by atoms with Crippen molar-refractivity contribution in [1.29, 1.82) is 0 Å². The van der Waals surface area contributed by atoms with Crippen LogP contribution in [-0.4, -0.2) is 41.4 Å². The van der Waals surface area contributed by atoms with E-state index in [0.717, 1.165) is 12.1 Å². The number of aromatic nitrogens is 4. The summed E-state index contributed by atoms with van der Waals surface area (Å²) in [6, 6.07) is 13.5. The maximum atomic E-state index is 13.1. The number of sulfonamides is 1. The normalized spacial score (nSPS) is 11.7. The molecular weight excluding hydrogens is 416 g/mol. The minimum atomic E-state index is -3.78. The fourth-order valence-electron chi connectivity index (χ4n) is 2.66. The molecule has 0 spiro atoms. The van der Waals surface area contributed by atoms with Gasteiger partial charge in [-0.2, -0.15) is 4.52 Å². The fraction of sp³-hybridized carbons (Fsp3) is 0.105. The van der Waals surface area contributed by atoms with Crippen molar-refractivity contribution in [1.82, 2.24) is 24.5 Å². The molecule has 1 N–H and O–H groups in total. The van der Waals surface area contributed by atoms with E-state index in [9.17, 15) is 17.2 Å². The Labute approximate surface area is 170 Å². The molecule has 30 heavy (non-hydrogen) atoms. The summed E-state index contributed by atoms with van der Waals surface area (Å²) in [5.74, 6) is -0.250. The highest BCUT2D eigenvalue weighted by atomic mass is 32.2. The van der Waals surface area contributed by atoms with Crippen LogP contribution in [0.15, 0.2) is 65.6 Å². The zero-order valence-corrected chi connectivity index (χ0v) is 16.2. The second-order valence-corrected chi connectivity index (χ2v) is 7.94. The molecular formula is C19H15F2N5O3S. The van der Waals surface area contributed by atoms with Gasteiger partial charge in [-0.1, -0.05) is 0 Å². The van der Waals surface area contributed by atoms with Crippen LogP contribution in [-0.2, 0) is 10.0 Å². The van der Waals surface area contributed by atoms with Crippen LogP contribution in [0.25, 0.3) is 17.0 Å². The Morgan fingerprint density at radius 1 is 0.900 bits per heavy atom. The molecule has 8 nitrogen and oxygen atoms in total. The van der Waals surface area contributed by atoms with Crippen LogP contribution in [0.4, 0.5) is 8.78 Å². The topological polar surface area (TPSA) is 98.5 Å². The molecule has 0 radical (unpaired) electrons. The zero-order chi connectivity index (χ0) is 21.1. The summed E-state index contributed by atoms with van der Waals surface area (Å²) < 4.78 is 59.8. The van der Waals surface area contributed by atoms with Gasteiger partial charge in [-0.15, -0.1) is 15.3 Å². The first-order valence-electron chi connectivity index (χ1n) is 8.79. The fourth-order valence-corrected chi connectivity index (χ4v) is 3.67. The van der Waals surface area contributed by atoms with E-state index in [0.29, 0.717) is 17.0 Å². The zero-order valence-electron chi connectivity index (χ0n) is 15.4. The lowest BCUT2D eigenvalue weighted by Crippen LogP contribution is -2.28. The highest BCUT2D eigenvalue weighted by Gasteiger charge is 2.14. The Morgan fingerprint density at radius 2 is 1.57 bits per heavy atom. The number of ether oxygens (including phenoxy) is 1. The molecule has 0 unspecified atom stereocenters. The lowest BCUT2D eigenvalue weighted by molar-refractivity contribution is 0.306.